The quantitative estimate of drug-likeness (QED) is 0.256. The molecule has 38 heavy (non-hydrogen) atoms. The van der Waals surface area contributed by atoms with E-state index in [1.165, 1.54) is 52.6 Å². The number of benzene rings is 4. The summed E-state index contributed by atoms with van der Waals surface area (Å²) in [5.74, 6) is 4.59. The fraction of sp³-hybridized carbons (Fsp3) is 0.294. The highest BCUT2D eigenvalue weighted by atomic mass is 16.5. The predicted molar refractivity (Wildman–Crippen MR) is 158 cm³/mol. The van der Waals surface area contributed by atoms with Crippen molar-refractivity contribution >= 4 is 11.4 Å². The highest BCUT2D eigenvalue weighted by Crippen LogP contribution is 2.44. The Labute approximate surface area is 226 Å². The number of rotatable bonds is 6. The number of hydrogen-bond acceptors (Lipinski definition) is 4. The summed E-state index contributed by atoms with van der Waals surface area (Å²) in [7, 11) is 0. The van der Waals surface area contributed by atoms with Gasteiger partial charge in [-0.15, -0.1) is 0 Å². The third-order valence-corrected chi connectivity index (χ3v) is 7.78. The van der Waals surface area contributed by atoms with Crippen molar-refractivity contribution in [2.75, 3.05) is 11.5 Å². The molecule has 2 unspecified atom stereocenters. The van der Waals surface area contributed by atoms with Gasteiger partial charge in [0.2, 0.25) is 0 Å². The summed E-state index contributed by atoms with van der Waals surface area (Å²) >= 11 is 0. The zero-order valence-electron chi connectivity index (χ0n) is 22.9. The maximum absolute atomic E-state index is 6.24. The van der Waals surface area contributed by atoms with Crippen molar-refractivity contribution in [3.8, 4) is 23.0 Å². The van der Waals surface area contributed by atoms with E-state index in [2.05, 4.69) is 52.0 Å². The van der Waals surface area contributed by atoms with Gasteiger partial charge in [-0.05, 0) is 141 Å². The first kappa shape index (κ1) is 25.7. The molecule has 0 radical (unpaired) electrons. The molecular weight excluding hydrogens is 468 g/mol. The van der Waals surface area contributed by atoms with Gasteiger partial charge in [-0.25, -0.2) is 0 Å². The minimum atomic E-state index is 0.544. The van der Waals surface area contributed by atoms with Gasteiger partial charge in [-0.2, -0.15) is 0 Å². The smallest absolute Gasteiger partial charge is 0.133 e. The molecule has 1 aliphatic rings. The van der Waals surface area contributed by atoms with Gasteiger partial charge in [0, 0.05) is 11.4 Å². The number of hydrogen-bond donors (Lipinski definition) is 2. The Morgan fingerprint density at radius 2 is 0.895 bits per heavy atom. The molecule has 1 aliphatic carbocycles. The summed E-state index contributed by atoms with van der Waals surface area (Å²) in [5, 5.41) is 0. The molecule has 0 aromatic heterocycles. The van der Waals surface area contributed by atoms with E-state index in [1.54, 1.807) is 0 Å². The van der Waals surface area contributed by atoms with Crippen LogP contribution in [0.1, 0.15) is 70.9 Å². The Kier molecular flexibility index (Phi) is 7.33. The molecule has 4 N–H and O–H groups in total. The first-order chi connectivity index (χ1) is 18.3. The maximum atomic E-state index is 6.24. The summed E-state index contributed by atoms with van der Waals surface area (Å²) in [6, 6.07) is 24.5. The van der Waals surface area contributed by atoms with E-state index in [1.807, 2.05) is 48.5 Å². The normalized spacial score (nSPS) is 17.3. The Bertz CT molecular complexity index is 1270. The fourth-order valence-electron chi connectivity index (χ4n) is 5.86. The summed E-state index contributed by atoms with van der Waals surface area (Å²) in [4.78, 5) is 0. The predicted octanol–water partition coefficient (Wildman–Crippen LogP) is 9.11. The van der Waals surface area contributed by atoms with Crippen LogP contribution in [-0.4, -0.2) is 0 Å². The number of nitrogen functional groups attached to an aromatic ring is 2. The minimum Gasteiger partial charge on any atom is -0.457 e. The second-order valence-electron chi connectivity index (χ2n) is 10.9. The molecule has 0 heterocycles. The van der Waals surface area contributed by atoms with E-state index < -0.39 is 0 Å². The van der Waals surface area contributed by atoms with Crippen LogP contribution in [0.15, 0.2) is 72.8 Å². The Balaban J connectivity index is 1.33. The topological polar surface area (TPSA) is 70.5 Å². The number of ether oxygens (including phenoxy) is 2. The molecule has 0 amide bonds. The van der Waals surface area contributed by atoms with Crippen molar-refractivity contribution in [1.82, 2.24) is 0 Å². The standard InChI is InChI=1S/C34H38N2O2/c1-21-16-27(17-22(2)33(21)37-31-12-8-29(35)9-13-31)25-6-5-7-26(20-25)28-18-23(3)34(24(4)19-28)38-32-14-10-30(36)11-15-32/h8-19,25-26H,5-7,20,35-36H2,1-4H3. The summed E-state index contributed by atoms with van der Waals surface area (Å²) < 4.78 is 12.5. The van der Waals surface area contributed by atoms with Crippen LogP contribution in [0.25, 0.3) is 0 Å². The van der Waals surface area contributed by atoms with Gasteiger partial charge in [0.25, 0.3) is 0 Å². The van der Waals surface area contributed by atoms with Crippen molar-refractivity contribution in [2.24, 2.45) is 0 Å². The number of nitrogens with two attached hydrogens (primary N) is 2. The zero-order chi connectivity index (χ0) is 26.8. The number of aryl methyl sites for hydroxylation is 4. The van der Waals surface area contributed by atoms with E-state index in [9.17, 15) is 0 Å². The second kappa shape index (κ2) is 10.8. The van der Waals surface area contributed by atoms with Gasteiger partial charge >= 0.3 is 0 Å². The average Bonchev–Trinajstić information content (AvgIpc) is 2.90. The lowest BCUT2D eigenvalue weighted by atomic mass is 9.74. The van der Waals surface area contributed by atoms with Crippen molar-refractivity contribution in [2.45, 2.75) is 65.2 Å². The fourth-order valence-corrected chi connectivity index (χ4v) is 5.86. The lowest BCUT2D eigenvalue weighted by Crippen LogP contribution is -2.14. The van der Waals surface area contributed by atoms with Gasteiger partial charge in [-0.1, -0.05) is 30.7 Å². The molecule has 0 bridgehead atoms. The molecule has 1 fully saturated rings. The van der Waals surface area contributed by atoms with Crippen LogP contribution in [0.3, 0.4) is 0 Å². The molecule has 4 heteroatoms. The van der Waals surface area contributed by atoms with Crippen molar-refractivity contribution in [3.63, 3.8) is 0 Å². The van der Waals surface area contributed by atoms with Gasteiger partial charge < -0.3 is 20.9 Å². The molecule has 5 rings (SSSR count). The van der Waals surface area contributed by atoms with Crippen molar-refractivity contribution in [1.29, 1.82) is 0 Å². The van der Waals surface area contributed by atoms with E-state index >= 15 is 0 Å². The molecule has 0 saturated heterocycles. The van der Waals surface area contributed by atoms with Crippen molar-refractivity contribution < 1.29 is 9.47 Å². The van der Waals surface area contributed by atoms with Crippen LogP contribution in [-0.2, 0) is 0 Å². The third-order valence-electron chi connectivity index (χ3n) is 7.78. The Morgan fingerprint density at radius 1 is 0.553 bits per heavy atom. The molecule has 0 spiro atoms. The molecule has 4 aromatic rings. The first-order valence-corrected chi connectivity index (χ1v) is 13.6. The van der Waals surface area contributed by atoms with Crippen LogP contribution in [0.5, 0.6) is 23.0 Å². The van der Waals surface area contributed by atoms with Crippen LogP contribution in [0.2, 0.25) is 0 Å². The summed E-state index contributed by atoms with van der Waals surface area (Å²) in [6.07, 6.45) is 4.85. The second-order valence-corrected chi connectivity index (χ2v) is 10.9. The van der Waals surface area contributed by atoms with E-state index in [-0.39, 0.29) is 0 Å². The molecular formula is C34H38N2O2. The van der Waals surface area contributed by atoms with E-state index in [0.29, 0.717) is 11.8 Å². The lowest BCUT2D eigenvalue weighted by Gasteiger charge is -2.31. The zero-order valence-corrected chi connectivity index (χ0v) is 22.9. The monoisotopic (exact) mass is 506 g/mol. The van der Waals surface area contributed by atoms with E-state index in [4.69, 9.17) is 20.9 Å². The summed E-state index contributed by atoms with van der Waals surface area (Å²) in [6.45, 7) is 8.60. The highest BCUT2D eigenvalue weighted by molar-refractivity contribution is 5.50. The van der Waals surface area contributed by atoms with Crippen LogP contribution in [0, 0.1) is 27.7 Å². The molecule has 1 saturated carbocycles. The first-order valence-electron chi connectivity index (χ1n) is 13.6. The van der Waals surface area contributed by atoms with Gasteiger partial charge in [-0.3, -0.25) is 0 Å². The van der Waals surface area contributed by atoms with Gasteiger partial charge in [0.05, 0.1) is 0 Å². The molecule has 4 aromatic carbocycles. The van der Waals surface area contributed by atoms with Crippen molar-refractivity contribution in [3.05, 3.63) is 106 Å². The average molecular weight is 507 g/mol. The maximum Gasteiger partial charge on any atom is 0.133 e. The van der Waals surface area contributed by atoms with Crippen LogP contribution in [0.4, 0.5) is 11.4 Å². The SMILES string of the molecule is Cc1cc(C2CCCC(c3cc(C)c(Oc4ccc(N)cc4)c(C)c3)C2)cc(C)c1Oc1ccc(N)cc1. The minimum absolute atomic E-state index is 0.544. The molecule has 196 valence electrons. The number of anilines is 2. The lowest BCUT2D eigenvalue weighted by molar-refractivity contribution is 0.392. The van der Waals surface area contributed by atoms with Crippen LogP contribution >= 0.6 is 0 Å². The Morgan fingerprint density at radius 3 is 1.24 bits per heavy atom. The van der Waals surface area contributed by atoms with E-state index in [0.717, 1.165) is 40.8 Å². The molecule has 0 aliphatic heterocycles. The molecule has 2 atom stereocenters. The van der Waals surface area contributed by atoms with Gasteiger partial charge in [0.1, 0.15) is 23.0 Å². The largest absolute Gasteiger partial charge is 0.457 e. The van der Waals surface area contributed by atoms with Gasteiger partial charge in [0.15, 0.2) is 0 Å². The summed E-state index contributed by atoms with van der Waals surface area (Å²) in [5.41, 5.74) is 20.7. The highest BCUT2D eigenvalue weighted by Gasteiger charge is 2.26. The Hall–Kier alpha value is -3.92. The molecule has 4 nitrogen and oxygen atoms in total. The van der Waals surface area contributed by atoms with Crippen LogP contribution < -0.4 is 20.9 Å². The third kappa shape index (κ3) is 5.65.